The van der Waals surface area contributed by atoms with Crippen LogP contribution >= 0.6 is 0 Å². The van der Waals surface area contributed by atoms with Gasteiger partial charge in [0, 0.05) is 11.6 Å². The summed E-state index contributed by atoms with van der Waals surface area (Å²) in [6.07, 6.45) is 3.14. The minimum absolute atomic E-state index is 0.0559. The van der Waals surface area contributed by atoms with Gasteiger partial charge in [-0.3, -0.25) is 4.79 Å². The first-order valence-electron chi connectivity index (χ1n) is 5.59. The molecule has 94 valence electrons. The summed E-state index contributed by atoms with van der Waals surface area (Å²) >= 11 is 0. The fraction of sp³-hybridized carbons (Fsp3) is 0.417. The van der Waals surface area contributed by atoms with Gasteiger partial charge < -0.3 is 4.52 Å². The predicted octanol–water partition coefficient (Wildman–Crippen LogP) is 1.68. The van der Waals surface area contributed by atoms with Crippen LogP contribution in [0.3, 0.4) is 0 Å². The number of ketones is 1. The normalized spacial score (nSPS) is 11.5. The molecule has 0 spiro atoms. The molecule has 0 saturated heterocycles. The van der Waals surface area contributed by atoms with Crippen LogP contribution in [0.2, 0.25) is 0 Å². The molecule has 0 aromatic carbocycles. The van der Waals surface area contributed by atoms with Crippen LogP contribution < -0.4 is 0 Å². The minimum Gasteiger partial charge on any atom is -0.338 e. The summed E-state index contributed by atoms with van der Waals surface area (Å²) in [5.41, 5.74) is 0.159. The van der Waals surface area contributed by atoms with Gasteiger partial charge in [0.1, 0.15) is 17.8 Å². The third-order valence-electron chi connectivity index (χ3n) is 2.43. The van der Waals surface area contributed by atoms with Crippen molar-refractivity contribution in [3.63, 3.8) is 0 Å². The van der Waals surface area contributed by atoms with Crippen molar-refractivity contribution < 1.29 is 9.32 Å². The highest BCUT2D eigenvalue weighted by Gasteiger charge is 2.23. The van der Waals surface area contributed by atoms with Crippen LogP contribution in [-0.4, -0.2) is 25.9 Å². The molecule has 0 aliphatic carbocycles. The number of hydrogen-bond acceptors (Lipinski definition) is 6. The monoisotopic (exact) mass is 246 g/mol. The zero-order valence-corrected chi connectivity index (χ0v) is 10.5. The molecule has 2 aromatic rings. The lowest BCUT2D eigenvalue weighted by Gasteiger charge is -2.14. The Labute approximate surface area is 104 Å². The first-order valence-corrected chi connectivity index (χ1v) is 5.59. The van der Waals surface area contributed by atoms with Crippen LogP contribution in [0.1, 0.15) is 26.7 Å². The molecule has 18 heavy (non-hydrogen) atoms. The number of carbonyl (C=O) groups is 1. The summed E-state index contributed by atoms with van der Waals surface area (Å²) in [4.78, 5) is 23.8. The highest BCUT2D eigenvalue weighted by molar-refractivity contribution is 5.85. The quantitative estimate of drug-likeness (QED) is 0.819. The molecule has 0 aliphatic heterocycles. The first kappa shape index (κ1) is 12.3. The Kier molecular flexibility index (Phi) is 3.18. The molecule has 6 heteroatoms. The molecule has 0 saturated carbocycles. The molecular formula is C12H14N4O2. The third-order valence-corrected chi connectivity index (χ3v) is 2.43. The topological polar surface area (TPSA) is 81.8 Å². The highest BCUT2D eigenvalue weighted by Crippen LogP contribution is 2.18. The Hall–Kier alpha value is -2.11. The predicted molar refractivity (Wildman–Crippen MR) is 63.5 cm³/mol. The van der Waals surface area contributed by atoms with E-state index in [0.29, 0.717) is 17.4 Å². The molecule has 0 N–H and O–H groups in total. The molecule has 2 rings (SSSR count). The summed E-state index contributed by atoms with van der Waals surface area (Å²) in [5, 5.41) is 3.79. The van der Waals surface area contributed by atoms with E-state index in [1.54, 1.807) is 12.3 Å². The van der Waals surface area contributed by atoms with Gasteiger partial charge in [0.05, 0.1) is 6.42 Å². The van der Waals surface area contributed by atoms with Gasteiger partial charge >= 0.3 is 0 Å². The van der Waals surface area contributed by atoms with Crippen LogP contribution in [0.5, 0.6) is 0 Å². The average Bonchev–Trinajstić information content (AvgIpc) is 2.77. The van der Waals surface area contributed by atoms with E-state index in [1.165, 1.54) is 6.33 Å². The van der Waals surface area contributed by atoms with E-state index < -0.39 is 5.41 Å². The van der Waals surface area contributed by atoms with Crippen molar-refractivity contribution in [1.29, 1.82) is 0 Å². The van der Waals surface area contributed by atoms with Crippen LogP contribution in [-0.2, 0) is 11.2 Å². The molecule has 0 radical (unpaired) electrons. The van der Waals surface area contributed by atoms with Crippen molar-refractivity contribution in [3.05, 3.63) is 24.5 Å². The fourth-order valence-electron chi connectivity index (χ4n) is 1.26. The average molecular weight is 246 g/mol. The molecule has 2 aromatic heterocycles. The van der Waals surface area contributed by atoms with E-state index in [4.69, 9.17) is 4.52 Å². The lowest BCUT2D eigenvalue weighted by Crippen LogP contribution is -2.22. The second-order valence-electron chi connectivity index (χ2n) is 4.96. The fourth-order valence-corrected chi connectivity index (χ4v) is 1.26. The number of carbonyl (C=O) groups excluding carboxylic acids is 1. The minimum atomic E-state index is -0.413. The van der Waals surface area contributed by atoms with Crippen molar-refractivity contribution in [2.24, 2.45) is 5.41 Å². The second kappa shape index (κ2) is 4.64. The van der Waals surface area contributed by atoms with Crippen molar-refractivity contribution >= 4 is 5.78 Å². The van der Waals surface area contributed by atoms with E-state index in [-0.39, 0.29) is 12.2 Å². The van der Waals surface area contributed by atoms with Gasteiger partial charge in [0.2, 0.25) is 11.7 Å². The van der Waals surface area contributed by atoms with Gasteiger partial charge in [-0.05, 0) is 6.07 Å². The van der Waals surface area contributed by atoms with Gasteiger partial charge in [-0.15, -0.1) is 0 Å². The molecular weight excluding hydrogens is 232 g/mol. The molecule has 0 amide bonds. The summed E-state index contributed by atoms with van der Waals surface area (Å²) in [6, 6.07) is 1.68. The maximum atomic E-state index is 11.8. The Morgan fingerprint density at radius 3 is 2.78 bits per heavy atom. The zero-order valence-electron chi connectivity index (χ0n) is 10.5. The number of nitrogens with zero attached hydrogens (tertiary/aromatic N) is 4. The molecule has 0 atom stereocenters. The van der Waals surface area contributed by atoms with Gasteiger partial charge in [-0.2, -0.15) is 4.98 Å². The van der Waals surface area contributed by atoms with Gasteiger partial charge in [0.25, 0.3) is 0 Å². The third kappa shape index (κ3) is 2.77. The molecule has 0 aliphatic rings. The van der Waals surface area contributed by atoms with Crippen molar-refractivity contribution in [2.45, 2.75) is 27.2 Å². The molecule has 0 fully saturated rings. The first-order chi connectivity index (χ1) is 8.47. The maximum Gasteiger partial charge on any atom is 0.234 e. The van der Waals surface area contributed by atoms with Crippen LogP contribution in [0.15, 0.2) is 23.1 Å². The van der Waals surface area contributed by atoms with E-state index in [2.05, 4.69) is 20.1 Å². The van der Waals surface area contributed by atoms with E-state index >= 15 is 0 Å². The summed E-state index contributed by atoms with van der Waals surface area (Å²) < 4.78 is 5.04. The molecule has 0 unspecified atom stereocenters. The number of aromatic nitrogens is 4. The van der Waals surface area contributed by atoms with Crippen LogP contribution in [0, 0.1) is 5.41 Å². The van der Waals surface area contributed by atoms with Crippen LogP contribution in [0.25, 0.3) is 11.5 Å². The van der Waals surface area contributed by atoms with Gasteiger partial charge in [-0.1, -0.05) is 25.9 Å². The molecule has 2 heterocycles. The summed E-state index contributed by atoms with van der Waals surface area (Å²) in [7, 11) is 0. The lowest BCUT2D eigenvalue weighted by atomic mass is 9.89. The van der Waals surface area contributed by atoms with Crippen LogP contribution in [0.4, 0.5) is 0 Å². The largest absolute Gasteiger partial charge is 0.338 e. The molecule has 6 nitrogen and oxygen atoms in total. The Morgan fingerprint density at radius 1 is 1.39 bits per heavy atom. The summed E-state index contributed by atoms with van der Waals surface area (Å²) in [6.45, 7) is 5.57. The highest BCUT2D eigenvalue weighted by atomic mass is 16.5. The second-order valence-corrected chi connectivity index (χ2v) is 4.96. The zero-order chi connectivity index (χ0) is 13.2. The standard InChI is InChI=1S/C12H14N4O2/c1-12(2,3)9(17)6-10-15-11(16-18-10)8-4-5-13-7-14-8/h4-5,7H,6H2,1-3H3. The smallest absolute Gasteiger partial charge is 0.234 e. The van der Waals surface area contributed by atoms with Crippen molar-refractivity contribution in [1.82, 2.24) is 20.1 Å². The van der Waals surface area contributed by atoms with E-state index in [9.17, 15) is 4.79 Å². The SMILES string of the molecule is CC(C)(C)C(=O)Cc1nc(-c2ccncn2)no1. The van der Waals surface area contributed by atoms with E-state index in [0.717, 1.165) is 0 Å². The number of hydrogen-bond donors (Lipinski definition) is 0. The maximum absolute atomic E-state index is 11.8. The Balaban J connectivity index is 2.15. The summed E-state index contributed by atoms with van der Waals surface area (Å²) in [5.74, 6) is 0.734. The number of rotatable bonds is 3. The Bertz CT molecular complexity index is 543. The molecule has 0 bridgehead atoms. The number of Topliss-reactive ketones (excluding diaryl/α,β-unsaturated/α-hetero) is 1. The van der Waals surface area contributed by atoms with Crippen molar-refractivity contribution in [2.75, 3.05) is 0 Å². The van der Waals surface area contributed by atoms with Crippen molar-refractivity contribution in [3.8, 4) is 11.5 Å². The Morgan fingerprint density at radius 2 is 2.17 bits per heavy atom. The lowest BCUT2D eigenvalue weighted by molar-refractivity contribution is -0.125. The van der Waals surface area contributed by atoms with Gasteiger partial charge in [0.15, 0.2) is 0 Å². The van der Waals surface area contributed by atoms with Gasteiger partial charge in [-0.25, -0.2) is 9.97 Å². The van der Waals surface area contributed by atoms with E-state index in [1.807, 2.05) is 20.8 Å².